The van der Waals surface area contributed by atoms with Crippen molar-refractivity contribution in [2.45, 2.75) is 25.3 Å². The number of halogens is 3. The Labute approximate surface area is 175 Å². The summed E-state index contributed by atoms with van der Waals surface area (Å²) < 4.78 is 52.3. The first-order chi connectivity index (χ1) is 14.7. The number of likely N-dealkylation sites (tertiary alicyclic amines) is 1. The van der Waals surface area contributed by atoms with E-state index in [1.807, 2.05) is 30.3 Å². The van der Waals surface area contributed by atoms with Crippen LogP contribution in [0.5, 0.6) is 11.5 Å². The van der Waals surface area contributed by atoms with Gasteiger partial charge in [0, 0.05) is 18.5 Å². The Bertz CT molecular complexity index is 977. The highest BCUT2D eigenvalue weighted by Crippen LogP contribution is 2.30. The summed E-state index contributed by atoms with van der Waals surface area (Å²) >= 11 is 0. The first-order valence-corrected chi connectivity index (χ1v) is 9.19. The first kappa shape index (κ1) is 22.1. The second kappa shape index (κ2) is 9.07. The van der Waals surface area contributed by atoms with Gasteiger partial charge in [-0.1, -0.05) is 30.3 Å². The fourth-order valence-electron chi connectivity index (χ4n) is 2.97. The fraction of sp³-hybridized carbons (Fsp3) is 0.286. The predicted octanol–water partition coefficient (Wildman–Crippen LogP) is 3.12. The molecule has 0 aromatic heterocycles. The molecule has 0 aliphatic carbocycles. The number of ether oxygens (including phenoxy) is 3. The number of hydrogen-bond acceptors (Lipinski definition) is 6. The third-order valence-corrected chi connectivity index (χ3v) is 4.53. The molecule has 10 heteroatoms. The molecule has 7 nitrogen and oxygen atoms in total. The maximum absolute atomic E-state index is 12.8. The highest BCUT2D eigenvalue weighted by molar-refractivity contribution is 6.07. The summed E-state index contributed by atoms with van der Waals surface area (Å²) in [6, 6.07) is 13.5. The number of hydrogen-bond donors (Lipinski definition) is 0. The minimum atomic E-state index is -5.22. The lowest BCUT2D eigenvalue weighted by Crippen LogP contribution is -2.38. The lowest BCUT2D eigenvalue weighted by Gasteiger charge is -2.17. The van der Waals surface area contributed by atoms with Crippen molar-refractivity contribution in [1.82, 2.24) is 4.90 Å². The van der Waals surface area contributed by atoms with E-state index in [9.17, 15) is 27.6 Å². The van der Waals surface area contributed by atoms with Crippen LogP contribution in [0.3, 0.4) is 0 Å². The molecule has 1 fully saturated rings. The number of esters is 1. The van der Waals surface area contributed by atoms with Gasteiger partial charge in [-0.15, -0.1) is 0 Å². The van der Waals surface area contributed by atoms with Crippen LogP contribution in [0.25, 0.3) is 0 Å². The van der Waals surface area contributed by atoms with Crippen molar-refractivity contribution in [3.05, 3.63) is 59.7 Å². The quantitative estimate of drug-likeness (QED) is 0.510. The SMILES string of the molecule is COc1ccc(C(=O)N2CC[C@@H](OC(=O)C(F)(F)F)C2=O)cc1OCc1ccccc1. The third kappa shape index (κ3) is 5.14. The smallest absolute Gasteiger partial charge is 0.490 e. The molecule has 1 aliphatic heterocycles. The van der Waals surface area contributed by atoms with Crippen LogP contribution in [0.15, 0.2) is 48.5 Å². The number of alkyl halides is 3. The van der Waals surface area contributed by atoms with Crippen LogP contribution in [0.2, 0.25) is 0 Å². The van der Waals surface area contributed by atoms with Gasteiger partial charge in [-0.3, -0.25) is 14.5 Å². The Morgan fingerprint density at radius 3 is 2.45 bits per heavy atom. The molecule has 1 saturated heterocycles. The molecule has 164 valence electrons. The van der Waals surface area contributed by atoms with Crippen LogP contribution in [0.1, 0.15) is 22.3 Å². The van der Waals surface area contributed by atoms with E-state index in [0.29, 0.717) is 5.75 Å². The molecule has 0 unspecified atom stereocenters. The van der Waals surface area contributed by atoms with Gasteiger partial charge in [0.05, 0.1) is 7.11 Å². The van der Waals surface area contributed by atoms with Gasteiger partial charge in [0.15, 0.2) is 17.6 Å². The van der Waals surface area contributed by atoms with Crippen LogP contribution in [-0.4, -0.2) is 48.6 Å². The molecule has 0 N–H and O–H groups in total. The molecule has 0 bridgehead atoms. The zero-order chi connectivity index (χ0) is 22.6. The van der Waals surface area contributed by atoms with E-state index in [1.54, 1.807) is 0 Å². The standard InChI is InChI=1S/C21H18F3NO6/c1-29-15-8-7-14(11-17(15)30-12-13-5-3-2-4-6-13)18(26)25-10-9-16(19(25)27)31-20(28)21(22,23)24/h2-8,11,16H,9-10,12H2,1H3/t16-/m1/s1. The van der Waals surface area contributed by atoms with Crippen molar-refractivity contribution in [3.8, 4) is 11.5 Å². The maximum Gasteiger partial charge on any atom is 0.490 e. The summed E-state index contributed by atoms with van der Waals surface area (Å²) in [7, 11) is 1.43. The molecule has 0 saturated carbocycles. The van der Waals surface area contributed by atoms with E-state index < -0.39 is 30.1 Å². The summed E-state index contributed by atoms with van der Waals surface area (Å²) in [4.78, 5) is 36.8. The lowest BCUT2D eigenvalue weighted by molar-refractivity contribution is -0.204. The van der Waals surface area contributed by atoms with Crippen molar-refractivity contribution in [3.63, 3.8) is 0 Å². The van der Waals surface area contributed by atoms with E-state index in [-0.39, 0.29) is 30.9 Å². The summed E-state index contributed by atoms with van der Waals surface area (Å²) in [5, 5.41) is 0. The summed E-state index contributed by atoms with van der Waals surface area (Å²) in [6.07, 6.45) is -7.11. The number of methoxy groups -OCH3 is 1. The van der Waals surface area contributed by atoms with Crippen LogP contribution in [0, 0.1) is 0 Å². The van der Waals surface area contributed by atoms with Crippen LogP contribution >= 0.6 is 0 Å². The van der Waals surface area contributed by atoms with E-state index in [2.05, 4.69) is 4.74 Å². The van der Waals surface area contributed by atoms with Crippen molar-refractivity contribution in [2.24, 2.45) is 0 Å². The lowest BCUT2D eigenvalue weighted by atomic mass is 10.1. The molecule has 1 heterocycles. The largest absolute Gasteiger partial charge is 0.493 e. The molecule has 2 aromatic carbocycles. The average Bonchev–Trinajstić information content (AvgIpc) is 3.11. The maximum atomic E-state index is 12.8. The number of carbonyl (C=O) groups is 3. The Hall–Kier alpha value is -3.56. The van der Waals surface area contributed by atoms with Crippen molar-refractivity contribution < 1.29 is 41.8 Å². The average molecular weight is 437 g/mol. The van der Waals surface area contributed by atoms with Crippen LogP contribution in [0.4, 0.5) is 13.2 Å². The molecule has 2 aromatic rings. The van der Waals surface area contributed by atoms with Gasteiger partial charge in [-0.05, 0) is 23.8 Å². The van der Waals surface area contributed by atoms with Gasteiger partial charge in [-0.25, -0.2) is 4.79 Å². The van der Waals surface area contributed by atoms with Gasteiger partial charge < -0.3 is 14.2 Å². The zero-order valence-corrected chi connectivity index (χ0v) is 16.3. The van der Waals surface area contributed by atoms with E-state index in [1.165, 1.54) is 25.3 Å². The molecule has 3 rings (SSSR count). The molecule has 31 heavy (non-hydrogen) atoms. The Balaban J connectivity index is 1.72. The number of benzene rings is 2. The van der Waals surface area contributed by atoms with Crippen molar-refractivity contribution in [2.75, 3.05) is 13.7 Å². The molecule has 1 atom stereocenters. The summed E-state index contributed by atoms with van der Waals surface area (Å²) in [6.45, 7) is 0.0205. The molecule has 0 spiro atoms. The second-order valence-electron chi connectivity index (χ2n) is 6.62. The second-order valence-corrected chi connectivity index (χ2v) is 6.62. The van der Waals surface area contributed by atoms with Gasteiger partial charge in [0.1, 0.15) is 6.61 Å². The van der Waals surface area contributed by atoms with Gasteiger partial charge in [0.2, 0.25) is 0 Å². The predicted molar refractivity (Wildman–Crippen MR) is 100 cm³/mol. The summed E-state index contributed by atoms with van der Waals surface area (Å²) in [5.74, 6) is -3.62. The zero-order valence-electron chi connectivity index (χ0n) is 16.3. The highest BCUT2D eigenvalue weighted by Gasteiger charge is 2.46. The topological polar surface area (TPSA) is 82.1 Å². The Morgan fingerprint density at radius 2 is 1.81 bits per heavy atom. The molecule has 2 amide bonds. The number of rotatable bonds is 6. The van der Waals surface area contributed by atoms with Crippen LogP contribution < -0.4 is 9.47 Å². The highest BCUT2D eigenvalue weighted by atomic mass is 19.4. The number of nitrogens with zero attached hydrogens (tertiary/aromatic N) is 1. The van der Waals surface area contributed by atoms with Crippen molar-refractivity contribution in [1.29, 1.82) is 0 Å². The van der Waals surface area contributed by atoms with Gasteiger partial charge in [-0.2, -0.15) is 13.2 Å². The molecule has 1 aliphatic rings. The molecular weight excluding hydrogens is 419 g/mol. The monoisotopic (exact) mass is 437 g/mol. The van der Waals surface area contributed by atoms with Crippen LogP contribution in [-0.2, 0) is 20.9 Å². The van der Waals surface area contributed by atoms with Crippen molar-refractivity contribution >= 4 is 17.8 Å². The first-order valence-electron chi connectivity index (χ1n) is 9.19. The van der Waals surface area contributed by atoms with E-state index >= 15 is 0 Å². The molecular formula is C21H18F3NO6. The van der Waals surface area contributed by atoms with Gasteiger partial charge >= 0.3 is 12.1 Å². The normalized spacial score (nSPS) is 16.2. The minimum absolute atomic E-state index is 0.0695. The third-order valence-electron chi connectivity index (χ3n) is 4.53. The number of imide groups is 1. The Morgan fingerprint density at radius 1 is 1.10 bits per heavy atom. The fourth-order valence-corrected chi connectivity index (χ4v) is 2.97. The molecule has 0 radical (unpaired) electrons. The van der Waals surface area contributed by atoms with E-state index in [0.717, 1.165) is 10.5 Å². The summed E-state index contributed by atoms with van der Waals surface area (Å²) in [5.41, 5.74) is 0.949. The Kier molecular flexibility index (Phi) is 6.47. The minimum Gasteiger partial charge on any atom is -0.493 e. The van der Waals surface area contributed by atoms with Gasteiger partial charge in [0.25, 0.3) is 11.8 Å². The van der Waals surface area contributed by atoms with E-state index in [4.69, 9.17) is 9.47 Å². The number of amides is 2. The number of carbonyl (C=O) groups excluding carboxylic acids is 3.